The Morgan fingerprint density at radius 1 is 1.15 bits per heavy atom. The Morgan fingerprint density at radius 2 is 1.79 bits per heavy atom. The Bertz CT molecular complexity index is 1050. The maximum Gasteiger partial charge on any atom is 0.264 e. The van der Waals surface area contributed by atoms with Crippen LogP contribution in [0.4, 0.5) is 11.8 Å². The van der Waals surface area contributed by atoms with Gasteiger partial charge in [-0.2, -0.15) is 13.5 Å². The summed E-state index contributed by atoms with van der Waals surface area (Å²) in [5, 5.41) is 8.28. The van der Waals surface area contributed by atoms with Crippen molar-refractivity contribution in [3.8, 4) is 5.75 Å². The van der Waals surface area contributed by atoms with Gasteiger partial charge in [-0.15, -0.1) is 5.10 Å². The lowest BCUT2D eigenvalue weighted by Crippen LogP contribution is -2.44. The van der Waals surface area contributed by atoms with Crippen LogP contribution in [0.3, 0.4) is 0 Å². The smallest absolute Gasteiger partial charge is 0.264 e. The summed E-state index contributed by atoms with van der Waals surface area (Å²) < 4.78 is 32.3. The molecule has 0 aromatic carbocycles. The highest BCUT2D eigenvalue weighted by Gasteiger charge is 2.26. The lowest BCUT2D eigenvalue weighted by atomic mass is 10.0. The monoisotopic (exact) mass is 492 g/mol. The van der Waals surface area contributed by atoms with E-state index in [9.17, 15) is 8.42 Å². The van der Waals surface area contributed by atoms with Gasteiger partial charge in [-0.3, -0.25) is 4.18 Å². The maximum absolute atomic E-state index is 11.0. The lowest BCUT2D eigenvalue weighted by molar-refractivity contribution is 0.221. The molecule has 2 aromatic rings. The molecule has 0 saturated carbocycles. The normalized spacial score (nSPS) is 15.1. The first-order valence-corrected chi connectivity index (χ1v) is 13.5. The van der Waals surface area contributed by atoms with E-state index < -0.39 is 10.1 Å². The van der Waals surface area contributed by atoms with Crippen LogP contribution in [-0.4, -0.2) is 74.2 Å². The second-order valence-corrected chi connectivity index (χ2v) is 10.9. The zero-order chi connectivity index (χ0) is 24.9. The zero-order valence-corrected chi connectivity index (χ0v) is 21.8. The van der Waals surface area contributed by atoms with Crippen molar-refractivity contribution in [3.05, 3.63) is 29.2 Å². The molecule has 1 aliphatic rings. The fourth-order valence-corrected chi connectivity index (χ4v) is 4.51. The molecule has 0 atom stereocenters. The molecule has 0 bridgehead atoms. The van der Waals surface area contributed by atoms with Crippen LogP contribution >= 0.6 is 0 Å². The van der Waals surface area contributed by atoms with Gasteiger partial charge in [0.25, 0.3) is 10.1 Å². The first-order valence-electron chi connectivity index (χ1n) is 11.7. The van der Waals surface area contributed by atoms with Gasteiger partial charge < -0.3 is 14.5 Å². The molecule has 0 amide bonds. The molecule has 2 aromatic heterocycles. The topological polar surface area (TPSA) is 111 Å². The van der Waals surface area contributed by atoms with Crippen LogP contribution in [0.15, 0.2) is 12.3 Å². The second kappa shape index (κ2) is 11.3. The van der Waals surface area contributed by atoms with Crippen molar-refractivity contribution in [2.45, 2.75) is 53.0 Å². The molecule has 3 heterocycles. The quantitative estimate of drug-likeness (QED) is 0.362. The van der Waals surface area contributed by atoms with E-state index in [4.69, 9.17) is 18.9 Å². The molecule has 1 saturated heterocycles. The van der Waals surface area contributed by atoms with E-state index in [2.05, 4.69) is 47.7 Å². The number of rotatable bonds is 10. The van der Waals surface area contributed by atoms with Gasteiger partial charge in [-0.05, 0) is 44.6 Å². The summed E-state index contributed by atoms with van der Waals surface area (Å²) in [6.07, 6.45) is 5.40. The molecule has 34 heavy (non-hydrogen) atoms. The molecule has 1 aliphatic heterocycles. The first-order chi connectivity index (χ1) is 16.0. The van der Waals surface area contributed by atoms with Crippen LogP contribution in [0.5, 0.6) is 5.75 Å². The minimum absolute atomic E-state index is 0.0513. The molecule has 0 unspecified atom stereocenters. The van der Waals surface area contributed by atoms with Crippen LogP contribution in [0, 0.1) is 19.8 Å². The van der Waals surface area contributed by atoms with E-state index in [1.54, 1.807) is 0 Å². The predicted octanol–water partition coefficient (Wildman–Crippen LogP) is 2.54. The Kier molecular flexibility index (Phi) is 8.64. The minimum atomic E-state index is -3.48. The van der Waals surface area contributed by atoms with Gasteiger partial charge in [-0.1, -0.05) is 13.8 Å². The first kappa shape index (κ1) is 26.1. The number of nitrogens with zero attached hydrogens (tertiary/aromatic N) is 6. The standard InChI is InChI=1S/C23H36N6O4S/c1-16(2)13-21-17(3)25-23(26-18(21)4)29-9-7-19(8-10-29)28(5)22-14-20(15-24-27-22)32-11-12-33-34(6,30)31/h14-16,19H,7-13H2,1-6H3. The second-order valence-electron chi connectivity index (χ2n) is 9.22. The summed E-state index contributed by atoms with van der Waals surface area (Å²) in [6.45, 7) is 10.4. The van der Waals surface area contributed by atoms with Gasteiger partial charge in [0.15, 0.2) is 5.82 Å². The SMILES string of the molecule is Cc1nc(N2CCC(N(C)c3cc(OCCOS(C)(=O)=O)cnn3)CC2)nc(C)c1CC(C)C. The summed E-state index contributed by atoms with van der Waals surface area (Å²) in [6, 6.07) is 2.11. The molecule has 10 nitrogen and oxygen atoms in total. The fourth-order valence-electron chi connectivity index (χ4n) is 4.14. The van der Waals surface area contributed by atoms with Crippen molar-refractivity contribution in [2.75, 3.05) is 49.4 Å². The predicted molar refractivity (Wildman–Crippen MR) is 132 cm³/mol. The Labute approximate surface area is 202 Å². The van der Waals surface area contributed by atoms with Crippen LogP contribution in [-0.2, 0) is 20.7 Å². The van der Waals surface area contributed by atoms with E-state index in [1.165, 1.54) is 11.8 Å². The third-order valence-corrected chi connectivity index (χ3v) is 6.54. The number of aromatic nitrogens is 4. The number of hydrogen-bond donors (Lipinski definition) is 0. The highest BCUT2D eigenvalue weighted by atomic mass is 32.2. The largest absolute Gasteiger partial charge is 0.489 e. The van der Waals surface area contributed by atoms with Crippen LogP contribution < -0.4 is 14.5 Å². The Hall–Kier alpha value is -2.53. The third kappa shape index (κ3) is 7.23. The number of hydrogen-bond acceptors (Lipinski definition) is 10. The fraction of sp³-hybridized carbons (Fsp3) is 0.652. The van der Waals surface area contributed by atoms with Crippen LogP contribution in [0.25, 0.3) is 0 Å². The van der Waals surface area contributed by atoms with E-state index in [-0.39, 0.29) is 13.2 Å². The highest BCUT2D eigenvalue weighted by Crippen LogP contribution is 2.26. The van der Waals surface area contributed by atoms with E-state index in [1.807, 2.05) is 13.1 Å². The summed E-state index contributed by atoms with van der Waals surface area (Å²) in [5.41, 5.74) is 3.41. The van der Waals surface area contributed by atoms with Crippen molar-refractivity contribution in [1.29, 1.82) is 0 Å². The van der Waals surface area contributed by atoms with Gasteiger partial charge in [0.05, 0.1) is 12.5 Å². The molecule has 0 N–H and O–H groups in total. The van der Waals surface area contributed by atoms with Crippen molar-refractivity contribution >= 4 is 21.9 Å². The van der Waals surface area contributed by atoms with Crippen LogP contribution in [0.2, 0.25) is 0 Å². The minimum Gasteiger partial charge on any atom is -0.489 e. The van der Waals surface area contributed by atoms with Crippen molar-refractivity contribution in [2.24, 2.45) is 5.92 Å². The molecule has 1 fully saturated rings. The molecule has 0 radical (unpaired) electrons. The van der Waals surface area contributed by atoms with Gasteiger partial charge in [0, 0.05) is 43.6 Å². The molecule has 188 valence electrons. The van der Waals surface area contributed by atoms with Crippen molar-refractivity contribution < 1.29 is 17.3 Å². The zero-order valence-electron chi connectivity index (χ0n) is 21.0. The summed E-state index contributed by atoms with van der Waals surface area (Å²) in [7, 11) is -1.47. The Morgan fingerprint density at radius 3 is 2.38 bits per heavy atom. The van der Waals surface area contributed by atoms with E-state index in [0.717, 1.165) is 55.9 Å². The van der Waals surface area contributed by atoms with Crippen molar-refractivity contribution in [3.63, 3.8) is 0 Å². The molecule has 11 heteroatoms. The maximum atomic E-state index is 11.0. The Balaban J connectivity index is 1.57. The summed E-state index contributed by atoms with van der Waals surface area (Å²) >= 11 is 0. The average molecular weight is 493 g/mol. The number of anilines is 2. The van der Waals surface area contributed by atoms with Gasteiger partial charge in [-0.25, -0.2) is 9.97 Å². The van der Waals surface area contributed by atoms with Gasteiger partial charge in [0.2, 0.25) is 5.95 Å². The van der Waals surface area contributed by atoms with Gasteiger partial charge >= 0.3 is 0 Å². The summed E-state index contributed by atoms with van der Waals surface area (Å²) in [4.78, 5) is 14.0. The highest BCUT2D eigenvalue weighted by molar-refractivity contribution is 7.85. The number of piperidine rings is 1. The number of ether oxygens (including phenoxy) is 1. The third-order valence-electron chi connectivity index (χ3n) is 5.94. The van der Waals surface area contributed by atoms with E-state index >= 15 is 0 Å². The van der Waals surface area contributed by atoms with Crippen molar-refractivity contribution in [1.82, 2.24) is 20.2 Å². The molecule has 0 spiro atoms. The lowest BCUT2D eigenvalue weighted by Gasteiger charge is -2.37. The van der Waals surface area contributed by atoms with Crippen LogP contribution in [0.1, 0.15) is 43.6 Å². The average Bonchev–Trinajstić information content (AvgIpc) is 2.78. The van der Waals surface area contributed by atoms with Gasteiger partial charge in [0.1, 0.15) is 19.0 Å². The molecular formula is C23H36N6O4S. The van der Waals surface area contributed by atoms with E-state index in [0.29, 0.717) is 23.5 Å². The summed E-state index contributed by atoms with van der Waals surface area (Å²) in [5.74, 6) is 2.62. The molecule has 3 rings (SSSR count). The number of aryl methyl sites for hydroxylation is 2. The molecule has 0 aliphatic carbocycles. The molecular weight excluding hydrogens is 456 g/mol.